The Balaban J connectivity index is 1.21. The normalized spacial score (nSPS) is 45.6. The Hall–Kier alpha value is -3.26. The van der Waals surface area contributed by atoms with Gasteiger partial charge in [0.15, 0.2) is 24.5 Å². The second-order valence-corrected chi connectivity index (χ2v) is 20.0. The molecule has 6 heterocycles. The highest BCUT2D eigenvalue weighted by atomic mass is 16.7. The average molecular weight is 956 g/mol. The molecule has 0 unspecified atom stereocenters. The Morgan fingerprint density at radius 2 is 1.68 bits per heavy atom. The topological polar surface area (TPSA) is 191 Å². The summed E-state index contributed by atoms with van der Waals surface area (Å²) >= 11 is 0. The quantitative estimate of drug-likeness (QED) is 0.164. The van der Waals surface area contributed by atoms with E-state index in [1.807, 2.05) is 39.0 Å². The molecule has 7 aliphatic rings. The van der Waals surface area contributed by atoms with Gasteiger partial charge in [-0.2, -0.15) is 0 Å². The maximum Gasteiger partial charge on any atom is 0.509 e. The van der Waals surface area contributed by atoms with Crippen LogP contribution in [0, 0.1) is 23.7 Å². The third-order valence-electron chi connectivity index (χ3n) is 15.1. The van der Waals surface area contributed by atoms with Gasteiger partial charge in [-0.25, -0.2) is 4.79 Å². The van der Waals surface area contributed by atoms with Gasteiger partial charge in [0.05, 0.1) is 55.4 Å². The molecule has 0 aromatic heterocycles. The van der Waals surface area contributed by atoms with Gasteiger partial charge in [0.25, 0.3) is 0 Å². The van der Waals surface area contributed by atoms with Gasteiger partial charge in [-0.3, -0.25) is 4.79 Å². The number of aliphatic hydroxyl groups is 1. The number of nitrogens with two attached hydrogens (primary N) is 1. The number of hydrogen-bond donors (Lipinski definition) is 2. The molecule has 3 N–H and O–H groups in total. The van der Waals surface area contributed by atoms with Crippen molar-refractivity contribution in [3.05, 3.63) is 71.9 Å². The number of methoxy groups -OCH3 is 2. The molecule has 6 aliphatic heterocycles. The van der Waals surface area contributed by atoms with Gasteiger partial charge in [-0.1, -0.05) is 83.2 Å². The molecule has 0 aromatic rings. The van der Waals surface area contributed by atoms with Crippen LogP contribution in [-0.2, 0) is 61.6 Å². The van der Waals surface area contributed by atoms with Crippen molar-refractivity contribution in [2.24, 2.45) is 29.4 Å². The smallest absolute Gasteiger partial charge is 0.462 e. The molecule has 1 aliphatic carbocycles. The van der Waals surface area contributed by atoms with Crippen LogP contribution in [0.1, 0.15) is 93.9 Å². The highest BCUT2D eigenvalue weighted by Crippen LogP contribution is 2.48. The molecule has 380 valence electrons. The first-order valence-corrected chi connectivity index (χ1v) is 24.6. The van der Waals surface area contributed by atoms with E-state index in [1.54, 1.807) is 33.3 Å². The number of hydrogen-bond acceptors (Lipinski definition) is 16. The van der Waals surface area contributed by atoms with E-state index >= 15 is 0 Å². The zero-order valence-corrected chi connectivity index (χ0v) is 41.6. The number of carbonyl (C=O) groups is 2. The SMILES string of the molecule is C=CCOC(=O)O[C@@H]1C(C)=C[C@H]2C(=O)O[C@H]3C[C@@H](C/C=C(\C)[C@@H](O[C@H]4C[C@H](OC)[C@@H](O[C@H]5C[C@H](OC)[C@H](N)[C@H](C)O5)[C@H](C)O4)[C@@H](C)/C=C/C=C4\CO[C@H]1[C@@]42O)O[C@@]1(C=C[C@H](C)[C@@H]([C@@H](C)CC)O1)C3. The van der Waals surface area contributed by atoms with Gasteiger partial charge in [-0.15, -0.1) is 0 Å². The number of allylic oxidation sites excluding steroid dienone is 2. The molecule has 20 atom stereocenters. The second kappa shape index (κ2) is 22.4. The third-order valence-corrected chi connectivity index (χ3v) is 15.1. The van der Waals surface area contributed by atoms with Gasteiger partial charge >= 0.3 is 12.1 Å². The molecule has 0 radical (unpaired) electrons. The largest absolute Gasteiger partial charge is 0.509 e. The predicted molar refractivity (Wildman–Crippen MR) is 250 cm³/mol. The van der Waals surface area contributed by atoms with Gasteiger partial charge in [-0.05, 0) is 62.8 Å². The van der Waals surface area contributed by atoms with Crippen LogP contribution in [0.2, 0.25) is 0 Å². The van der Waals surface area contributed by atoms with Crippen molar-refractivity contribution >= 4 is 12.1 Å². The predicted octanol–water partition coefficient (Wildman–Crippen LogP) is 6.69. The molecule has 4 saturated heterocycles. The Bertz CT molecular complexity index is 1930. The molecule has 7 rings (SSSR count). The van der Waals surface area contributed by atoms with Crippen molar-refractivity contribution in [2.45, 2.75) is 191 Å². The van der Waals surface area contributed by atoms with Gasteiger partial charge in [0.1, 0.15) is 36.4 Å². The lowest BCUT2D eigenvalue weighted by molar-refractivity contribution is -0.311. The highest BCUT2D eigenvalue weighted by Gasteiger charge is 2.61. The van der Waals surface area contributed by atoms with Crippen LogP contribution >= 0.6 is 0 Å². The van der Waals surface area contributed by atoms with Crippen LogP contribution in [0.5, 0.6) is 0 Å². The van der Waals surface area contributed by atoms with Crippen molar-refractivity contribution in [3.63, 3.8) is 0 Å². The van der Waals surface area contributed by atoms with Crippen molar-refractivity contribution in [3.8, 4) is 0 Å². The van der Waals surface area contributed by atoms with Crippen LogP contribution < -0.4 is 5.73 Å². The first kappa shape index (κ1) is 52.6. The summed E-state index contributed by atoms with van der Waals surface area (Å²) in [5.41, 5.74) is 6.26. The number of ether oxygens (including phenoxy) is 12. The van der Waals surface area contributed by atoms with Crippen LogP contribution in [0.25, 0.3) is 0 Å². The Labute approximate surface area is 402 Å². The lowest BCUT2D eigenvalue weighted by Crippen LogP contribution is -2.59. The Morgan fingerprint density at radius 3 is 2.40 bits per heavy atom. The zero-order valence-electron chi connectivity index (χ0n) is 41.6. The van der Waals surface area contributed by atoms with E-state index in [0.29, 0.717) is 36.8 Å². The zero-order chi connectivity index (χ0) is 49.1. The van der Waals surface area contributed by atoms with Crippen molar-refractivity contribution in [2.75, 3.05) is 27.4 Å². The molecule has 16 nitrogen and oxygen atoms in total. The first-order chi connectivity index (χ1) is 32.4. The highest BCUT2D eigenvalue weighted by molar-refractivity contribution is 5.79. The van der Waals surface area contributed by atoms with Gasteiger partial charge in [0, 0.05) is 51.7 Å². The third kappa shape index (κ3) is 11.3. The standard InChI is InChI=1S/C52H77NO15/c1-12-21-59-50(55)66-46-32(7)22-38-49(54)63-37-23-36(67-51(26-37)20-19-31(6)45(68-51)28(3)13-2)18-17-30(5)44(29(4)15-14-16-35-27-60-48(46)52(35,38)56)64-42-25-40(58-11)47(34(9)62-42)65-41-24-39(57-10)43(53)33(8)61-41/h12,14-17,19-20,22,28-29,31,33-34,36-48,56H,1,13,18,21,23-27,53H2,2-11H3/b15-14+,30-17+,35-16+/t28-,29-,31-,33-,34-,36+,37-,38-,39-,40-,41-,42-,43+,44-,45+,46+,47-,48+,51+,52+/m0/s1. The summed E-state index contributed by atoms with van der Waals surface area (Å²) in [4.78, 5) is 27.5. The van der Waals surface area contributed by atoms with Gasteiger partial charge < -0.3 is 67.7 Å². The lowest BCUT2D eigenvalue weighted by Gasteiger charge is -2.48. The Kier molecular flexibility index (Phi) is 17.3. The minimum Gasteiger partial charge on any atom is -0.462 e. The van der Waals surface area contributed by atoms with E-state index in [-0.39, 0.29) is 67.8 Å². The van der Waals surface area contributed by atoms with E-state index < -0.39 is 84.7 Å². The van der Waals surface area contributed by atoms with E-state index in [4.69, 9.17) is 62.6 Å². The molecule has 0 aromatic carbocycles. The number of carbonyl (C=O) groups excluding carboxylic acids is 2. The molecule has 2 bridgehead atoms. The van der Waals surface area contributed by atoms with E-state index in [2.05, 4.69) is 46.4 Å². The molecule has 0 amide bonds. The maximum atomic E-state index is 14.7. The second-order valence-electron chi connectivity index (χ2n) is 20.0. The van der Waals surface area contributed by atoms with Crippen LogP contribution in [-0.4, -0.2) is 142 Å². The van der Waals surface area contributed by atoms with Crippen molar-refractivity contribution in [1.82, 2.24) is 0 Å². The lowest BCUT2D eigenvalue weighted by atomic mass is 9.70. The average Bonchev–Trinajstić information content (AvgIpc) is 3.65. The van der Waals surface area contributed by atoms with Crippen LogP contribution in [0.4, 0.5) is 4.79 Å². The summed E-state index contributed by atoms with van der Waals surface area (Å²) in [6.07, 6.45) is 9.97. The first-order valence-electron chi connectivity index (χ1n) is 24.6. The summed E-state index contributed by atoms with van der Waals surface area (Å²) in [7, 11) is 3.30. The summed E-state index contributed by atoms with van der Waals surface area (Å²) in [6, 6.07) is -0.272. The van der Waals surface area contributed by atoms with Crippen LogP contribution in [0.3, 0.4) is 0 Å². The molecule has 16 heteroatoms. The molecular weight excluding hydrogens is 879 g/mol. The summed E-state index contributed by atoms with van der Waals surface area (Å²) in [6.45, 7) is 19.6. The fraction of sp³-hybridized carbons (Fsp3) is 0.731. The van der Waals surface area contributed by atoms with E-state index in [1.165, 1.54) is 6.08 Å². The van der Waals surface area contributed by atoms with E-state index in [9.17, 15) is 14.7 Å². The molecule has 4 fully saturated rings. The monoisotopic (exact) mass is 956 g/mol. The summed E-state index contributed by atoms with van der Waals surface area (Å²) in [5.74, 6) is -2.83. The summed E-state index contributed by atoms with van der Waals surface area (Å²) in [5, 5.41) is 12.9. The number of fused-ring (bicyclic) bond motifs is 2. The van der Waals surface area contributed by atoms with Gasteiger partial charge in [0.2, 0.25) is 0 Å². The van der Waals surface area contributed by atoms with Crippen molar-refractivity contribution < 1.29 is 71.5 Å². The fourth-order valence-corrected chi connectivity index (χ4v) is 11.0. The molecule has 68 heavy (non-hydrogen) atoms. The fourth-order valence-electron chi connectivity index (χ4n) is 11.0. The minimum atomic E-state index is -1.95. The molecule has 0 saturated carbocycles. The number of esters is 1. The summed E-state index contributed by atoms with van der Waals surface area (Å²) < 4.78 is 75.4. The van der Waals surface area contributed by atoms with Crippen molar-refractivity contribution in [1.29, 1.82) is 0 Å². The molecular formula is C52H77NO15. The molecule has 1 spiro atoms. The van der Waals surface area contributed by atoms with Crippen LogP contribution in [0.15, 0.2) is 71.9 Å². The minimum absolute atomic E-state index is 0.0410. The number of rotatable bonds is 11. The van der Waals surface area contributed by atoms with E-state index in [0.717, 1.165) is 12.0 Å². The Morgan fingerprint density at radius 1 is 0.956 bits per heavy atom. The maximum absolute atomic E-state index is 14.7.